The Morgan fingerprint density at radius 3 is 2.12 bits per heavy atom. The first-order chi connectivity index (χ1) is 19.5. The molecule has 3 aromatic rings. The van der Waals surface area contributed by atoms with Crippen LogP contribution in [0, 0.1) is 0 Å². The minimum Gasteiger partial charge on any atom is -0.480 e. The van der Waals surface area contributed by atoms with Crippen molar-refractivity contribution in [2.75, 3.05) is 0 Å². The monoisotopic (exact) mass is 566 g/mol. The number of aliphatic hydroxyl groups is 1. The molecule has 5 atom stereocenters. The molecule has 0 spiro atoms. The Bertz CT molecular complexity index is 1390. The number of primary amides is 1. The van der Waals surface area contributed by atoms with Crippen LogP contribution in [0.15, 0.2) is 60.8 Å². The zero-order valence-corrected chi connectivity index (χ0v) is 22.4. The zero-order valence-electron chi connectivity index (χ0n) is 22.4. The van der Waals surface area contributed by atoms with Gasteiger partial charge in [0, 0.05) is 23.5 Å². The fraction of sp³-hybridized carbons (Fsp3) is 0.321. The smallest absolute Gasteiger partial charge is 0.326 e. The van der Waals surface area contributed by atoms with E-state index in [1.54, 1.807) is 42.6 Å². The van der Waals surface area contributed by atoms with Crippen molar-refractivity contribution in [1.82, 2.24) is 20.9 Å². The summed E-state index contributed by atoms with van der Waals surface area (Å²) in [7, 11) is 0. The van der Waals surface area contributed by atoms with Gasteiger partial charge in [0.1, 0.15) is 18.1 Å². The van der Waals surface area contributed by atoms with Crippen LogP contribution in [0.2, 0.25) is 0 Å². The Labute approximate surface area is 235 Å². The molecule has 0 aliphatic carbocycles. The molecule has 2 aromatic carbocycles. The SMILES string of the molecule is CC(O)C(NC(=O)C(N)Cc1ccccc1)C(=O)NC(CC(N)=O)C(=O)NC(Cc1c[nH]c2ccccc12)C(=O)O. The number of H-pyrrole nitrogens is 1. The lowest BCUT2D eigenvalue weighted by Gasteiger charge is -2.26. The number of carboxylic acids is 1. The largest absolute Gasteiger partial charge is 0.480 e. The number of benzene rings is 2. The lowest BCUT2D eigenvalue weighted by atomic mass is 10.0. The lowest BCUT2D eigenvalue weighted by molar-refractivity contribution is -0.142. The average molecular weight is 567 g/mol. The predicted octanol–water partition coefficient (Wildman–Crippen LogP) is -0.924. The summed E-state index contributed by atoms with van der Waals surface area (Å²) in [6, 6.07) is 10.6. The zero-order chi connectivity index (χ0) is 30.1. The Hall–Kier alpha value is -4.75. The van der Waals surface area contributed by atoms with E-state index in [4.69, 9.17) is 11.5 Å². The Balaban J connectivity index is 1.70. The number of aromatic amines is 1. The number of carbonyl (C=O) groups is 5. The molecule has 10 N–H and O–H groups in total. The van der Waals surface area contributed by atoms with Crippen molar-refractivity contribution in [2.24, 2.45) is 11.5 Å². The average Bonchev–Trinajstić information content (AvgIpc) is 3.33. The quantitative estimate of drug-likeness (QED) is 0.121. The number of amides is 4. The second kappa shape index (κ2) is 14.1. The second-order valence-corrected chi connectivity index (χ2v) is 9.72. The van der Waals surface area contributed by atoms with Crippen molar-refractivity contribution in [2.45, 2.75) is 56.5 Å². The van der Waals surface area contributed by atoms with E-state index in [-0.39, 0.29) is 12.8 Å². The third-order valence-electron chi connectivity index (χ3n) is 6.45. The van der Waals surface area contributed by atoms with E-state index in [1.807, 2.05) is 18.2 Å². The van der Waals surface area contributed by atoms with Crippen LogP contribution in [0.4, 0.5) is 0 Å². The van der Waals surface area contributed by atoms with Gasteiger partial charge in [-0.15, -0.1) is 0 Å². The van der Waals surface area contributed by atoms with E-state index < -0.39 is 66.3 Å². The first-order valence-electron chi connectivity index (χ1n) is 12.9. The Morgan fingerprint density at radius 2 is 1.49 bits per heavy atom. The van der Waals surface area contributed by atoms with Crippen LogP contribution < -0.4 is 27.4 Å². The molecule has 0 fully saturated rings. The summed E-state index contributed by atoms with van der Waals surface area (Å²) >= 11 is 0. The number of aliphatic hydroxyl groups excluding tert-OH is 1. The molecule has 13 nitrogen and oxygen atoms in total. The third kappa shape index (κ3) is 8.62. The minimum absolute atomic E-state index is 0.0893. The number of carboxylic acid groups (broad SMARTS) is 1. The first kappa shape index (κ1) is 30.8. The standard InChI is InChI=1S/C28H34N6O7/c1-15(35)24(34-25(37)19(29)11-16-7-3-2-4-8-16)27(39)32-21(13-23(30)36)26(38)33-22(28(40)41)12-17-14-31-20-10-6-5-9-18(17)20/h2-10,14-15,19,21-22,24,31,35H,11-13,29H2,1H3,(H2,30,36)(H,32,39)(H,33,38)(H,34,37)(H,40,41). The van der Waals surface area contributed by atoms with E-state index in [9.17, 15) is 34.2 Å². The fourth-order valence-electron chi connectivity index (χ4n) is 4.29. The molecule has 4 amide bonds. The van der Waals surface area contributed by atoms with E-state index in [0.29, 0.717) is 5.56 Å². The van der Waals surface area contributed by atoms with E-state index in [0.717, 1.165) is 16.5 Å². The molecule has 0 bridgehead atoms. The van der Waals surface area contributed by atoms with Crippen molar-refractivity contribution in [3.05, 3.63) is 71.9 Å². The van der Waals surface area contributed by atoms with Crippen molar-refractivity contribution in [1.29, 1.82) is 0 Å². The number of hydrogen-bond donors (Lipinski definition) is 8. The fourth-order valence-corrected chi connectivity index (χ4v) is 4.29. The summed E-state index contributed by atoms with van der Waals surface area (Å²) in [5.74, 6) is -4.99. The number of rotatable bonds is 14. The number of nitrogens with two attached hydrogens (primary N) is 2. The van der Waals surface area contributed by atoms with Crippen molar-refractivity contribution in [3.8, 4) is 0 Å². The van der Waals surface area contributed by atoms with Gasteiger partial charge >= 0.3 is 5.97 Å². The third-order valence-corrected chi connectivity index (χ3v) is 6.45. The molecular formula is C28H34N6O7. The highest BCUT2D eigenvalue weighted by Gasteiger charge is 2.33. The van der Waals surface area contributed by atoms with Crippen LogP contribution in [0.1, 0.15) is 24.5 Å². The minimum atomic E-state index is -1.58. The molecule has 0 saturated carbocycles. The van der Waals surface area contributed by atoms with Gasteiger partial charge in [-0.05, 0) is 30.5 Å². The van der Waals surface area contributed by atoms with Gasteiger partial charge in [-0.2, -0.15) is 0 Å². The molecule has 0 radical (unpaired) electrons. The second-order valence-electron chi connectivity index (χ2n) is 9.72. The molecule has 0 saturated heterocycles. The molecule has 218 valence electrons. The van der Waals surface area contributed by atoms with Crippen LogP contribution in [-0.4, -0.2) is 75.1 Å². The van der Waals surface area contributed by atoms with E-state index >= 15 is 0 Å². The number of fused-ring (bicyclic) bond motifs is 1. The number of carbonyl (C=O) groups excluding carboxylic acids is 4. The summed E-state index contributed by atoms with van der Waals surface area (Å²) < 4.78 is 0. The van der Waals surface area contributed by atoms with Gasteiger partial charge in [-0.1, -0.05) is 48.5 Å². The van der Waals surface area contributed by atoms with E-state index in [1.165, 1.54) is 6.92 Å². The highest BCUT2D eigenvalue weighted by molar-refractivity contribution is 5.96. The number of hydrogen-bond acceptors (Lipinski definition) is 7. The van der Waals surface area contributed by atoms with Crippen LogP contribution in [-0.2, 0) is 36.8 Å². The van der Waals surface area contributed by atoms with Gasteiger partial charge in [0.15, 0.2) is 0 Å². The highest BCUT2D eigenvalue weighted by Crippen LogP contribution is 2.19. The van der Waals surface area contributed by atoms with E-state index in [2.05, 4.69) is 20.9 Å². The van der Waals surface area contributed by atoms with Crippen molar-refractivity contribution >= 4 is 40.5 Å². The van der Waals surface area contributed by atoms with Gasteiger partial charge in [0.05, 0.1) is 18.6 Å². The molecule has 41 heavy (non-hydrogen) atoms. The summed E-state index contributed by atoms with van der Waals surface area (Å²) in [6.07, 6.45) is -0.360. The van der Waals surface area contributed by atoms with Crippen LogP contribution in [0.25, 0.3) is 10.9 Å². The van der Waals surface area contributed by atoms with Crippen LogP contribution >= 0.6 is 0 Å². The maximum Gasteiger partial charge on any atom is 0.326 e. The highest BCUT2D eigenvalue weighted by atomic mass is 16.4. The summed E-state index contributed by atoms with van der Waals surface area (Å²) in [6.45, 7) is 1.25. The number of para-hydroxylation sites is 1. The molecule has 1 heterocycles. The molecule has 0 aliphatic heterocycles. The molecule has 0 aliphatic rings. The van der Waals surface area contributed by atoms with Gasteiger partial charge in [0.25, 0.3) is 0 Å². The molecule has 5 unspecified atom stereocenters. The number of nitrogens with one attached hydrogen (secondary N) is 4. The van der Waals surface area contributed by atoms with Gasteiger partial charge < -0.3 is 42.6 Å². The topological polar surface area (TPSA) is 230 Å². The lowest BCUT2D eigenvalue weighted by Crippen LogP contribution is -2.60. The normalized spacial score (nSPS) is 14.7. The maximum absolute atomic E-state index is 13.1. The van der Waals surface area contributed by atoms with Crippen molar-refractivity contribution < 1.29 is 34.2 Å². The Morgan fingerprint density at radius 1 is 0.854 bits per heavy atom. The Kier molecular flexibility index (Phi) is 10.6. The maximum atomic E-state index is 13.1. The molecule has 1 aromatic heterocycles. The molecule has 13 heteroatoms. The summed E-state index contributed by atoms with van der Waals surface area (Å²) in [4.78, 5) is 65.5. The van der Waals surface area contributed by atoms with Gasteiger partial charge in [-0.3, -0.25) is 19.2 Å². The van der Waals surface area contributed by atoms with Crippen molar-refractivity contribution in [3.63, 3.8) is 0 Å². The molecule has 3 rings (SSSR count). The van der Waals surface area contributed by atoms with Crippen LogP contribution in [0.3, 0.4) is 0 Å². The summed E-state index contributed by atoms with van der Waals surface area (Å²) in [5, 5.41) is 27.7. The first-order valence-corrected chi connectivity index (χ1v) is 12.9. The molecular weight excluding hydrogens is 532 g/mol. The van der Waals surface area contributed by atoms with Gasteiger partial charge in [0.2, 0.25) is 23.6 Å². The predicted molar refractivity (Wildman–Crippen MR) is 149 cm³/mol. The number of aliphatic carboxylic acids is 1. The van der Waals surface area contributed by atoms with Crippen LogP contribution in [0.5, 0.6) is 0 Å². The summed E-state index contributed by atoms with van der Waals surface area (Å²) in [5.41, 5.74) is 13.5. The number of aromatic nitrogens is 1. The van der Waals surface area contributed by atoms with Gasteiger partial charge in [-0.25, -0.2) is 4.79 Å².